The van der Waals surface area contributed by atoms with E-state index in [9.17, 15) is 14.4 Å². The Bertz CT molecular complexity index is 670. The van der Waals surface area contributed by atoms with E-state index in [-0.39, 0.29) is 5.71 Å². The van der Waals surface area contributed by atoms with Gasteiger partial charge in [0.15, 0.2) is 5.71 Å². The van der Waals surface area contributed by atoms with Gasteiger partial charge < -0.3 is 9.57 Å². The molecule has 3 rings (SSSR count). The lowest BCUT2D eigenvalue weighted by molar-refractivity contribution is -0.133. The van der Waals surface area contributed by atoms with Crippen LogP contribution in [0.15, 0.2) is 33.9 Å². The number of hydrogen-bond donors (Lipinski definition) is 0. The van der Waals surface area contributed by atoms with Crippen LogP contribution in [-0.4, -0.2) is 36.7 Å². The van der Waals surface area contributed by atoms with Crippen LogP contribution in [0.25, 0.3) is 0 Å². The van der Waals surface area contributed by atoms with E-state index in [1.165, 1.54) is 7.11 Å². The molecular formula is C13H9BrN2O5. The van der Waals surface area contributed by atoms with Gasteiger partial charge in [-0.15, -0.1) is 0 Å². The number of halogens is 1. The summed E-state index contributed by atoms with van der Waals surface area (Å²) in [5.41, 5.74) is 0.232. The van der Waals surface area contributed by atoms with Crippen molar-refractivity contribution in [2.45, 2.75) is 6.10 Å². The Hall–Kier alpha value is -2.22. The molecule has 0 saturated carbocycles. The Morgan fingerprint density at radius 3 is 2.57 bits per heavy atom. The maximum absolute atomic E-state index is 12.4. The molecule has 0 aliphatic carbocycles. The first-order chi connectivity index (χ1) is 10.0. The number of amides is 2. The quantitative estimate of drug-likeness (QED) is 0.582. The van der Waals surface area contributed by atoms with Crippen LogP contribution < -0.4 is 4.90 Å². The van der Waals surface area contributed by atoms with Gasteiger partial charge in [-0.3, -0.25) is 9.59 Å². The SMILES string of the molecule is COC(=O)C1=NO[C@@H]2C(=O)N(c3ccc(Br)cc3)C(=O)[C@H]12. The fourth-order valence-corrected chi connectivity index (χ4v) is 2.56. The molecule has 1 aromatic carbocycles. The first kappa shape index (κ1) is 13.7. The standard InChI is InChI=1S/C13H9BrN2O5/c1-20-13(19)9-8-10(21-15-9)12(18)16(11(8)17)7-4-2-6(14)3-5-7/h2-5,8,10H,1H3/t8-,10+/m1/s1. The Kier molecular flexibility index (Phi) is 3.25. The minimum Gasteiger partial charge on any atom is -0.464 e. The number of ether oxygens (including phenoxy) is 1. The Morgan fingerprint density at radius 2 is 1.95 bits per heavy atom. The summed E-state index contributed by atoms with van der Waals surface area (Å²) < 4.78 is 5.36. The zero-order valence-electron chi connectivity index (χ0n) is 10.8. The first-order valence-corrected chi connectivity index (χ1v) is 6.79. The molecule has 2 heterocycles. The highest BCUT2D eigenvalue weighted by Gasteiger charge is 2.57. The number of oxime groups is 1. The summed E-state index contributed by atoms with van der Waals surface area (Å²) in [6.07, 6.45) is -1.10. The maximum Gasteiger partial charge on any atom is 0.356 e. The smallest absolute Gasteiger partial charge is 0.356 e. The fraction of sp³-hybridized carbons (Fsp3) is 0.231. The van der Waals surface area contributed by atoms with Gasteiger partial charge in [0.25, 0.3) is 5.91 Å². The van der Waals surface area contributed by atoms with E-state index in [1.807, 2.05) is 0 Å². The molecule has 0 spiro atoms. The lowest BCUT2D eigenvalue weighted by Crippen LogP contribution is -2.34. The van der Waals surface area contributed by atoms with E-state index >= 15 is 0 Å². The minimum atomic E-state index is -1.10. The predicted octanol–water partition coefficient (Wildman–Crippen LogP) is 0.866. The summed E-state index contributed by atoms with van der Waals surface area (Å²) in [6.45, 7) is 0. The third-order valence-corrected chi connectivity index (χ3v) is 3.82. The highest BCUT2D eigenvalue weighted by Crippen LogP contribution is 2.33. The van der Waals surface area contributed by atoms with Crippen molar-refractivity contribution in [2.75, 3.05) is 12.0 Å². The molecule has 8 heteroatoms. The van der Waals surface area contributed by atoms with Gasteiger partial charge in [0.1, 0.15) is 5.92 Å². The highest BCUT2D eigenvalue weighted by molar-refractivity contribution is 9.10. The molecule has 0 unspecified atom stereocenters. The fourth-order valence-electron chi connectivity index (χ4n) is 2.30. The van der Waals surface area contributed by atoms with Gasteiger partial charge in [-0.05, 0) is 24.3 Å². The summed E-state index contributed by atoms with van der Waals surface area (Å²) in [5, 5.41) is 3.50. The van der Waals surface area contributed by atoms with E-state index in [2.05, 4.69) is 25.8 Å². The molecular weight excluding hydrogens is 344 g/mol. The maximum atomic E-state index is 12.4. The van der Waals surface area contributed by atoms with Crippen molar-refractivity contribution in [3.05, 3.63) is 28.7 Å². The van der Waals surface area contributed by atoms with Crippen LogP contribution in [0, 0.1) is 5.92 Å². The molecule has 2 amide bonds. The van der Waals surface area contributed by atoms with Crippen molar-refractivity contribution in [1.29, 1.82) is 0 Å². The number of nitrogens with zero attached hydrogens (tertiary/aromatic N) is 2. The van der Waals surface area contributed by atoms with Gasteiger partial charge in [-0.25, -0.2) is 9.69 Å². The van der Waals surface area contributed by atoms with Gasteiger partial charge in [-0.1, -0.05) is 21.1 Å². The summed E-state index contributed by atoms with van der Waals surface area (Å²) >= 11 is 3.28. The molecule has 2 aliphatic rings. The van der Waals surface area contributed by atoms with Crippen LogP contribution in [0.3, 0.4) is 0 Å². The number of anilines is 1. The molecule has 1 saturated heterocycles. The van der Waals surface area contributed by atoms with Crippen LogP contribution >= 0.6 is 15.9 Å². The number of benzene rings is 1. The third kappa shape index (κ3) is 2.02. The third-order valence-electron chi connectivity index (χ3n) is 3.29. The van der Waals surface area contributed by atoms with Crippen molar-refractivity contribution in [1.82, 2.24) is 0 Å². The Balaban J connectivity index is 1.95. The molecule has 7 nitrogen and oxygen atoms in total. The zero-order valence-corrected chi connectivity index (χ0v) is 12.4. The molecule has 2 aliphatic heterocycles. The van der Waals surface area contributed by atoms with Gasteiger partial charge in [0.05, 0.1) is 12.8 Å². The van der Waals surface area contributed by atoms with Crippen molar-refractivity contribution in [2.24, 2.45) is 11.1 Å². The average Bonchev–Trinajstić information content (AvgIpc) is 3.01. The second kappa shape index (κ2) is 4.96. The van der Waals surface area contributed by atoms with Gasteiger partial charge in [-0.2, -0.15) is 0 Å². The van der Waals surface area contributed by atoms with Crippen LogP contribution in [0.2, 0.25) is 0 Å². The van der Waals surface area contributed by atoms with Gasteiger partial charge in [0.2, 0.25) is 12.0 Å². The number of imide groups is 1. The largest absolute Gasteiger partial charge is 0.464 e. The van der Waals surface area contributed by atoms with Crippen molar-refractivity contribution >= 4 is 45.1 Å². The highest BCUT2D eigenvalue weighted by atomic mass is 79.9. The Labute approximate surface area is 127 Å². The van der Waals surface area contributed by atoms with E-state index in [0.717, 1.165) is 9.37 Å². The number of carbonyl (C=O) groups excluding carboxylic acids is 3. The Morgan fingerprint density at radius 1 is 1.29 bits per heavy atom. The van der Waals surface area contributed by atoms with E-state index in [1.54, 1.807) is 24.3 Å². The van der Waals surface area contributed by atoms with E-state index in [4.69, 9.17) is 4.84 Å². The minimum absolute atomic E-state index is 0.180. The van der Waals surface area contributed by atoms with Crippen LogP contribution in [-0.2, 0) is 24.0 Å². The van der Waals surface area contributed by atoms with Crippen molar-refractivity contribution in [3.63, 3.8) is 0 Å². The molecule has 0 bridgehead atoms. The summed E-state index contributed by atoms with van der Waals surface area (Å²) in [5.74, 6) is -2.92. The van der Waals surface area contributed by atoms with Crippen LogP contribution in [0.1, 0.15) is 0 Å². The molecule has 0 aromatic heterocycles. The summed E-state index contributed by atoms with van der Waals surface area (Å²) in [6, 6.07) is 6.66. The van der Waals surface area contributed by atoms with Gasteiger partial charge >= 0.3 is 5.97 Å². The normalized spacial score (nSPS) is 23.7. The number of methoxy groups -OCH3 is 1. The molecule has 108 valence electrons. The molecule has 2 atom stereocenters. The molecule has 21 heavy (non-hydrogen) atoms. The number of carbonyl (C=O) groups is 3. The molecule has 1 aromatic rings. The number of fused-ring (bicyclic) bond motifs is 1. The lowest BCUT2D eigenvalue weighted by Gasteiger charge is -2.15. The topological polar surface area (TPSA) is 85.3 Å². The van der Waals surface area contributed by atoms with Gasteiger partial charge in [0, 0.05) is 4.47 Å². The summed E-state index contributed by atoms with van der Waals surface area (Å²) in [7, 11) is 1.17. The van der Waals surface area contributed by atoms with E-state index < -0.39 is 29.8 Å². The lowest BCUT2D eigenvalue weighted by atomic mass is 10.00. The second-order valence-corrected chi connectivity index (χ2v) is 5.38. The summed E-state index contributed by atoms with van der Waals surface area (Å²) in [4.78, 5) is 42.2. The monoisotopic (exact) mass is 352 g/mol. The van der Waals surface area contributed by atoms with Crippen LogP contribution in [0.5, 0.6) is 0 Å². The zero-order chi connectivity index (χ0) is 15.1. The molecule has 0 radical (unpaired) electrons. The number of esters is 1. The van der Waals surface area contributed by atoms with Crippen molar-refractivity contribution < 1.29 is 24.0 Å². The number of hydrogen-bond acceptors (Lipinski definition) is 6. The average molecular weight is 353 g/mol. The van der Waals surface area contributed by atoms with E-state index in [0.29, 0.717) is 5.69 Å². The second-order valence-electron chi connectivity index (χ2n) is 4.46. The number of rotatable bonds is 2. The van der Waals surface area contributed by atoms with Crippen molar-refractivity contribution in [3.8, 4) is 0 Å². The predicted molar refractivity (Wildman–Crippen MR) is 74.4 cm³/mol. The molecule has 1 fully saturated rings. The van der Waals surface area contributed by atoms with Crippen LogP contribution in [0.4, 0.5) is 5.69 Å². The first-order valence-electron chi connectivity index (χ1n) is 6.00. The molecule has 0 N–H and O–H groups in total.